The summed E-state index contributed by atoms with van der Waals surface area (Å²) in [6.07, 6.45) is 4.35. The van der Waals surface area contributed by atoms with Crippen LogP contribution in [0.15, 0.2) is 42.5 Å². The Labute approximate surface area is 166 Å². The first-order valence-electron chi connectivity index (χ1n) is 10.1. The van der Waals surface area contributed by atoms with E-state index < -0.39 is 5.41 Å². The van der Waals surface area contributed by atoms with Gasteiger partial charge in [0.15, 0.2) is 6.79 Å². The van der Waals surface area contributed by atoms with E-state index in [0.29, 0.717) is 18.1 Å². The van der Waals surface area contributed by atoms with E-state index in [1.165, 1.54) is 0 Å². The first-order valence-corrected chi connectivity index (χ1v) is 10.1. The first kappa shape index (κ1) is 19.2. The smallest absolute Gasteiger partial charge is 0.333 e. The van der Waals surface area contributed by atoms with E-state index in [0.717, 1.165) is 37.7 Å². The second-order valence-corrected chi connectivity index (χ2v) is 8.78. The topological polar surface area (TPSA) is 61.8 Å². The molecule has 0 N–H and O–H groups in total. The van der Waals surface area contributed by atoms with E-state index in [4.69, 9.17) is 14.2 Å². The maximum atomic E-state index is 12.9. The number of esters is 2. The van der Waals surface area contributed by atoms with E-state index in [9.17, 15) is 9.59 Å². The Balaban J connectivity index is 1.33. The Morgan fingerprint density at radius 1 is 1.11 bits per heavy atom. The average Bonchev–Trinajstić information content (AvgIpc) is 2.68. The molecule has 4 saturated carbocycles. The standard InChI is InChI=1S/C23H28O5/c1-15(2)21(24)28-20-18-8-17-9-19(20)12-23(10-17,11-18)22(25)27-14-26-13-16-6-4-3-5-7-16/h3-7,17-20H,1,8-14H2,2H3. The van der Waals surface area contributed by atoms with Crippen molar-refractivity contribution in [3.05, 3.63) is 48.0 Å². The van der Waals surface area contributed by atoms with Crippen molar-refractivity contribution in [2.24, 2.45) is 23.2 Å². The Morgan fingerprint density at radius 3 is 2.43 bits per heavy atom. The van der Waals surface area contributed by atoms with Crippen molar-refractivity contribution in [1.29, 1.82) is 0 Å². The fourth-order valence-electron chi connectivity index (χ4n) is 5.63. The molecule has 0 spiro atoms. The zero-order valence-corrected chi connectivity index (χ0v) is 16.4. The van der Waals surface area contributed by atoms with Gasteiger partial charge in [-0.3, -0.25) is 4.79 Å². The van der Waals surface area contributed by atoms with E-state index in [2.05, 4.69) is 6.58 Å². The lowest BCUT2D eigenvalue weighted by Gasteiger charge is -2.57. The third-order valence-corrected chi connectivity index (χ3v) is 6.60. The van der Waals surface area contributed by atoms with Crippen LogP contribution in [0.4, 0.5) is 0 Å². The molecule has 1 aromatic rings. The summed E-state index contributed by atoms with van der Waals surface area (Å²) in [5.74, 6) is 0.544. The highest BCUT2D eigenvalue weighted by atomic mass is 16.7. The molecule has 0 radical (unpaired) electrons. The van der Waals surface area contributed by atoms with Crippen molar-refractivity contribution in [2.45, 2.75) is 51.7 Å². The Bertz CT molecular complexity index is 740. The minimum absolute atomic E-state index is 0.0243. The quantitative estimate of drug-likeness (QED) is 0.308. The maximum Gasteiger partial charge on any atom is 0.333 e. The van der Waals surface area contributed by atoms with Crippen LogP contribution in [-0.2, 0) is 30.4 Å². The molecule has 0 amide bonds. The summed E-state index contributed by atoms with van der Waals surface area (Å²) in [5, 5.41) is 0. The van der Waals surface area contributed by atoms with Crippen LogP contribution in [0.1, 0.15) is 44.6 Å². The number of carbonyl (C=O) groups excluding carboxylic acids is 2. The fourth-order valence-corrected chi connectivity index (χ4v) is 5.63. The zero-order chi connectivity index (χ0) is 19.7. The normalized spacial score (nSPS) is 32.8. The molecule has 0 aliphatic heterocycles. The van der Waals surface area contributed by atoms with Gasteiger partial charge < -0.3 is 14.2 Å². The highest BCUT2D eigenvalue weighted by molar-refractivity contribution is 5.87. The highest BCUT2D eigenvalue weighted by Gasteiger charge is 2.60. The van der Waals surface area contributed by atoms with Crippen molar-refractivity contribution >= 4 is 11.9 Å². The third kappa shape index (κ3) is 3.72. The molecule has 0 aromatic heterocycles. The van der Waals surface area contributed by atoms with Crippen LogP contribution < -0.4 is 0 Å². The van der Waals surface area contributed by atoms with Crippen LogP contribution >= 0.6 is 0 Å². The summed E-state index contributed by atoms with van der Waals surface area (Å²) in [4.78, 5) is 24.9. The molecule has 5 heteroatoms. The summed E-state index contributed by atoms with van der Waals surface area (Å²) in [6.45, 7) is 5.75. The Kier molecular flexibility index (Phi) is 5.28. The molecule has 1 aromatic carbocycles. The average molecular weight is 384 g/mol. The van der Waals surface area contributed by atoms with Gasteiger partial charge in [-0.1, -0.05) is 36.9 Å². The van der Waals surface area contributed by atoms with Crippen LogP contribution in [0.25, 0.3) is 0 Å². The second kappa shape index (κ2) is 7.70. The predicted molar refractivity (Wildman–Crippen MR) is 103 cm³/mol. The number of hydrogen-bond donors (Lipinski definition) is 0. The lowest BCUT2D eigenvalue weighted by atomic mass is 9.48. The van der Waals surface area contributed by atoms with E-state index in [-0.39, 0.29) is 36.7 Å². The molecule has 2 unspecified atom stereocenters. The zero-order valence-electron chi connectivity index (χ0n) is 16.4. The molecule has 0 heterocycles. The lowest BCUT2D eigenvalue weighted by molar-refractivity contribution is -0.201. The van der Waals surface area contributed by atoms with Gasteiger partial charge in [0.05, 0.1) is 12.0 Å². The largest absolute Gasteiger partial charge is 0.458 e. The SMILES string of the molecule is C=C(C)C(=O)OC1C2CC3CC1CC(C(=O)OCOCc1ccccc1)(C3)C2. The lowest BCUT2D eigenvalue weighted by Crippen LogP contribution is -2.57. The fraction of sp³-hybridized carbons (Fsp3) is 0.565. The van der Waals surface area contributed by atoms with Gasteiger partial charge in [0, 0.05) is 5.57 Å². The number of benzene rings is 1. The summed E-state index contributed by atoms with van der Waals surface area (Å²) < 4.78 is 16.8. The molecule has 4 fully saturated rings. The monoisotopic (exact) mass is 384 g/mol. The van der Waals surface area contributed by atoms with Crippen LogP contribution in [-0.4, -0.2) is 24.8 Å². The van der Waals surface area contributed by atoms with Crippen molar-refractivity contribution in [3.63, 3.8) is 0 Å². The van der Waals surface area contributed by atoms with Gasteiger partial charge in [-0.15, -0.1) is 0 Å². The van der Waals surface area contributed by atoms with Gasteiger partial charge in [0.1, 0.15) is 6.10 Å². The molecule has 0 saturated heterocycles. The second-order valence-electron chi connectivity index (χ2n) is 8.78. The summed E-state index contributed by atoms with van der Waals surface area (Å²) >= 11 is 0. The first-order chi connectivity index (χ1) is 13.5. The number of rotatable bonds is 7. The van der Waals surface area contributed by atoms with Gasteiger partial charge >= 0.3 is 11.9 Å². The third-order valence-electron chi connectivity index (χ3n) is 6.60. The summed E-state index contributed by atoms with van der Waals surface area (Å²) in [7, 11) is 0. The summed E-state index contributed by atoms with van der Waals surface area (Å²) in [6, 6.07) is 9.83. The minimum atomic E-state index is -0.432. The molecule has 2 atom stereocenters. The van der Waals surface area contributed by atoms with E-state index in [1.54, 1.807) is 6.92 Å². The molecule has 150 valence electrons. The van der Waals surface area contributed by atoms with Crippen molar-refractivity contribution in [3.8, 4) is 0 Å². The Hall–Kier alpha value is -2.14. The maximum absolute atomic E-state index is 12.9. The molecular formula is C23H28O5. The molecule has 4 aliphatic carbocycles. The van der Waals surface area contributed by atoms with Crippen LogP contribution in [0.3, 0.4) is 0 Å². The van der Waals surface area contributed by atoms with Crippen LogP contribution in [0.5, 0.6) is 0 Å². The van der Waals surface area contributed by atoms with Crippen molar-refractivity contribution in [2.75, 3.05) is 6.79 Å². The number of carbonyl (C=O) groups is 2. The highest BCUT2D eigenvalue weighted by Crippen LogP contribution is 2.61. The number of hydrogen-bond acceptors (Lipinski definition) is 5. The van der Waals surface area contributed by atoms with Crippen LogP contribution in [0, 0.1) is 23.2 Å². The molecule has 5 rings (SSSR count). The minimum Gasteiger partial charge on any atom is -0.458 e. The van der Waals surface area contributed by atoms with Gasteiger partial charge in [-0.05, 0) is 62.3 Å². The molecule has 28 heavy (non-hydrogen) atoms. The van der Waals surface area contributed by atoms with Gasteiger partial charge in [0.2, 0.25) is 0 Å². The van der Waals surface area contributed by atoms with Crippen molar-refractivity contribution < 1.29 is 23.8 Å². The van der Waals surface area contributed by atoms with E-state index >= 15 is 0 Å². The van der Waals surface area contributed by atoms with Crippen LogP contribution in [0.2, 0.25) is 0 Å². The van der Waals surface area contributed by atoms with Gasteiger partial charge in [-0.2, -0.15) is 0 Å². The van der Waals surface area contributed by atoms with E-state index in [1.807, 2.05) is 30.3 Å². The number of ether oxygens (including phenoxy) is 3. The van der Waals surface area contributed by atoms with Crippen molar-refractivity contribution in [1.82, 2.24) is 0 Å². The molecular weight excluding hydrogens is 356 g/mol. The Morgan fingerprint density at radius 2 is 1.79 bits per heavy atom. The van der Waals surface area contributed by atoms with Gasteiger partial charge in [-0.25, -0.2) is 4.79 Å². The van der Waals surface area contributed by atoms with Gasteiger partial charge in [0.25, 0.3) is 0 Å². The molecule has 4 bridgehead atoms. The predicted octanol–water partition coefficient (Wildman–Crippen LogP) is 4.02. The summed E-state index contributed by atoms with van der Waals surface area (Å²) in [5.41, 5.74) is 1.05. The molecule has 4 aliphatic rings. The molecule has 5 nitrogen and oxygen atoms in total.